The van der Waals surface area contributed by atoms with Gasteiger partial charge in [-0.3, -0.25) is 14.4 Å². The van der Waals surface area contributed by atoms with Gasteiger partial charge in [0.2, 0.25) is 11.8 Å². The van der Waals surface area contributed by atoms with Crippen LogP contribution in [-0.4, -0.2) is 22.9 Å². The normalized spacial score (nSPS) is 10.4. The second-order valence-corrected chi connectivity index (χ2v) is 6.27. The van der Waals surface area contributed by atoms with Gasteiger partial charge in [-0.2, -0.15) is 0 Å². The molecule has 0 saturated heterocycles. The van der Waals surface area contributed by atoms with E-state index in [0.29, 0.717) is 0 Å². The summed E-state index contributed by atoms with van der Waals surface area (Å²) in [5.41, 5.74) is 4.44. The Labute approximate surface area is 146 Å². The largest absolute Gasteiger partial charge is 0.345 e. The van der Waals surface area contributed by atoms with Gasteiger partial charge in [0, 0.05) is 18.0 Å². The van der Waals surface area contributed by atoms with Gasteiger partial charge in [-0.25, -0.2) is 0 Å². The minimum absolute atomic E-state index is 0.116. The average molecular weight is 341 g/mol. The fourth-order valence-electron chi connectivity index (χ4n) is 2.69. The number of hydrogen-bond acceptors (Lipinski definition) is 3. The standard InChI is InChI=1S/C19H23N3O3/c1-12-5-6-22(18(25)9-12)11-17(24)20-10-16(23)21-19-14(3)7-13(2)8-15(19)4/h5-9H,10-11H2,1-4H3,(H,20,24)(H,21,23). The zero-order valence-corrected chi connectivity index (χ0v) is 15.0. The van der Waals surface area contributed by atoms with E-state index in [4.69, 9.17) is 0 Å². The van der Waals surface area contributed by atoms with E-state index in [9.17, 15) is 14.4 Å². The number of benzene rings is 1. The second-order valence-electron chi connectivity index (χ2n) is 6.27. The van der Waals surface area contributed by atoms with Gasteiger partial charge in [0.25, 0.3) is 5.56 Å². The SMILES string of the molecule is Cc1cc(C)c(NC(=O)CNC(=O)Cn2ccc(C)cc2=O)c(C)c1. The molecule has 2 aromatic rings. The van der Waals surface area contributed by atoms with Gasteiger partial charge in [0.05, 0.1) is 6.54 Å². The van der Waals surface area contributed by atoms with Crippen LogP contribution in [0.25, 0.3) is 0 Å². The molecule has 2 N–H and O–H groups in total. The molecular weight excluding hydrogens is 318 g/mol. The molecule has 0 fully saturated rings. The van der Waals surface area contributed by atoms with E-state index in [2.05, 4.69) is 10.6 Å². The summed E-state index contributed by atoms with van der Waals surface area (Å²) < 4.78 is 1.30. The van der Waals surface area contributed by atoms with Gasteiger partial charge >= 0.3 is 0 Å². The fourth-order valence-corrected chi connectivity index (χ4v) is 2.69. The van der Waals surface area contributed by atoms with Crippen LogP contribution in [0.3, 0.4) is 0 Å². The number of nitrogens with zero attached hydrogens (tertiary/aromatic N) is 1. The molecule has 25 heavy (non-hydrogen) atoms. The van der Waals surface area contributed by atoms with Crippen LogP contribution in [0, 0.1) is 27.7 Å². The molecule has 0 aliphatic rings. The van der Waals surface area contributed by atoms with Gasteiger partial charge < -0.3 is 15.2 Å². The molecule has 0 saturated carbocycles. The van der Waals surface area contributed by atoms with Crippen molar-refractivity contribution < 1.29 is 9.59 Å². The lowest BCUT2D eigenvalue weighted by Gasteiger charge is -2.13. The average Bonchev–Trinajstić information content (AvgIpc) is 2.51. The minimum Gasteiger partial charge on any atom is -0.345 e. The van der Waals surface area contributed by atoms with Crippen molar-refractivity contribution in [3.63, 3.8) is 0 Å². The Kier molecular flexibility index (Phi) is 5.75. The van der Waals surface area contributed by atoms with E-state index in [-0.39, 0.29) is 24.6 Å². The summed E-state index contributed by atoms with van der Waals surface area (Å²) in [4.78, 5) is 35.8. The molecule has 0 aliphatic heterocycles. The number of carbonyl (C=O) groups excluding carboxylic acids is 2. The molecule has 0 radical (unpaired) electrons. The van der Waals surface area contributed by atoms with Gasteiger partial charge in [0.1, 0.15) is 6.54 Å². The van der Waals surface area contributed by atoms with Crippen molar-refractivity contribution in [2.24, 2.45) is 0 Å². The summed E-state index contributed by atoms with van der Waals surface area (Å²) in [6, 6.07) is 7.20. The van der Waals surface area contributed by atoms with Crippen molar-refractivity contribution >= 4 is 17.5 Å². The van der Waals surface area contributed by atoms with Crippen LogP contribution < -0.4 is 16.2 Å². The highest BCUT2D eigenvalue weighted by atomic mass is 16.2. The zero-order chi connectivity index (χ0) is 18.6. The van der Waals surface area contributed by atoms with Crippen molar-refractivity contribution in [3.8, 4) is 0 Å². The van der Waals surface area contributed by atoms with Crippen molar-refractivity contribution in [2.45, 2.75) is 34.2 Å². The Morgan fingerprint density at radius 3 is 2.20 bits per heavy atom. The molecule has 132 valence electrons. The summed E-state index contributed by atoms with van der Waals surface area (Å²) in [6.07, 6.45) is 1.57. The molecule has 6 nitrogen and oxygen atoms in total. The number of rotatable bonds is 5. The molecule has 6 heteroatoms. The van der Waals surface area contributed by atoms with Crippen LogP contribution in [-0.2, 0) is 16.1 Å². The fraction of sp³-hybridized carbons (Fsp3) is 0.316. The maximum atomic E-state index is 12.1. The number of anilines is 1. The summed E-state index contributed by atoms with van der Waals surface area (Å²) >= 11 is 0. The number of carbonyl (C=O) groups is 2. The predicted octanol–water partition coefficient (Wildman–Crippen LogP) is 1.84. The van der Waals surface area contributed by atoms with E-state index in [1.54, 1.807) is 12.3 Å². The van der Waals surface area contributed by atoms with Crippen LogP contribution in [0.1, 0.15) is 22.3 Å². The summed E-state index contributed by atoms with van der Waals surface area (Å²) in [6.45, 7) is 7.40. The molecule has 0 unspecified atom stereocenters. The number of aryl methyl sites for hydroxylation is 4. The lowest BCUT2D eigenvalue weighted by atomic mass is 10.1. The van der Waals surface area contributed by atoms with E-state index >= 15 is 0 Å². The molecule has 2 rings (SSSR count). The minimum atomic E-state index is -0.390. The quantitative estimate of drug-likeness (QED) is 0.871. The molecule has 0 atom stereocenters. The summed E-state index contributed by atoms with van der Waals surface area (Å²) in [7, 11) is 0. The highest BCUT2D eigenvalue weighted by Gasteiger charge is 2.10. The molecule has 1 heterocycles. The van der Waals surface area contributed by atoms with Crippen LogP contribution in [0.4, 0.5) is 5.69 Å². The first-order valence-corrected chi connectivity index (χ1v) is 8.08. The molecule has 0 bridgehead atoms. The van der Waals surface area contributed by atoms with E-state index < -0.39 is 5.91 Å². The highest BCUT2D eigenvalue weighted by molar-refractivity contribution is 5.95. The summed E-state index contributed by atoms with van der Waals surface area (Å²) in [5.74, 6) is -0.696. The van der Waals surface area contributed by atoms with Crippen LogP contribution in [0.2, 0.25) is 0 Å². The molecule has 0 spiro atoms. The third-order valence-electron chi connectivity index (χ3n) is 3.85. The third-order valence-corrected chi connectivity index (χ3v) is 3.85. The van der Waals surface area contributed by atoms with E-state index in [1.807, 2.05) is 39.8 Å². The Balaban J connectivity index is 1.92. The van der Waals surface area contributed by atoms with Gasteiger partial charge in [0.15, 0.2) is 0 Å². The molecule has 1 aromatic carbocycles. The maximum Gasteiger partial charge on any atom is 0.251 e. The lowest BCUT2D eigenvalue weighted by molar-refractivity contribution is -0.124. The van der Waals surface area contributed by atoms with Gasteiger partial charge in [-0.1, -0.05) is 17.7 Å². The van der Waals surface area contributed by atoms with Crippen LogP contribution in [0.5, 0.6) is 0 Å². The zero-order valence-electron chi connectivity index (χ0n) is 15.0. The Hall–Kier alpha value is -2.89. The predicted molar refractivity (Wildman–Crippen MR) is 97.7 cm³/mol. The number of aromatic nitrogens is 1. The monoisotopic (exact) mass is 341 g/mol. The first-order valence-electron chi connectivity index (χ1n) is 8.08. The van der Waals surface area contributed by atoms with E-state index in [0.717, 1.165) is 27.9 Å². The van der Waals surface area contributed by atoms with Gasteiger partial charge in [-0.15, -0.1) is 0 Å². The molecular formula is C19H23N3O3. The van der Waals surface area contributed by atoms with Crippen molar-refractivity contribution in [1.82, 2.24) is 9.88 Å². The molecule has 0 aliphatic carbocycles. The Morgan fingerprint density at radius 2 is 1.60 bits per heavy atom. The number of amides is 2. The van der Waals surface area contributed by atoms with Crippen LogP contribution in [0.15, 0.2) is 35.3 Å². The lowest BCUT2D eigenvalue weighted by Crippen LogP contribution is -2.37. The first kappa shape index (κ1) is 18.4. The number of nitrogens with one attached hydrogen (secondary N) is 2. The Morgan fingerprint density at radius 1 is 0.960 bits per heavy atom. The third kappa shape index (κ3) is 5.04. The maximum absolute atomic E-state index is 12.1. The summed E-state index contributed by atoms with van der Waals surface area (Å²) in [5, 5.41) is 5.35. The van der Waals surface area contributed by atoms with Crippen molar-refractivity contribution in [2.75, 3.05) is 11.9 Å². The van der Waals surface area contributed by atoms with E-state index in [1.165, 1.54) is 10.6 Å². The van der Waals surface area contributed by atoms with Crippen molar-refractivity contribution in [1.29, 1.82) is 0 Å². The first-order chi connectivity index (χ1) is 11.8. The number of pyridine rings is 1. The Bertz CT molecular complexity index is 845. The van der Waals surface area contributed by atoms with Crippen molar-refractivity contribution in [3.05, 3.63) is 63.1 Å². The highest BCUT2D eigenvalue weighted by Crippen LogP contribution is 2.21. The smallest absolute Gasteiger partial charge is 0.251 e. The second kappa shape index (κ2) is 7.79. The van der Waals surface area contributed by atoms with Gasteiger partial charge in [-0.05, 0) is 50.5 Å². The number of hydrogen-bond donors (Lipinski definition) is 2. The topological polar surface area (TPSA) is 80.2 Å². The molecule has 2 amide bonds. The molecule has 1 aromatic heterocycles. The van der Waals surface area contributed by atoms with Crippen LogP contribution >= 0.6 is 0 Å².